The van der Waals surface area contributed by atoms with E-state index in [4.69, 9.17) is 0 Å². The smallest absolute Gasteiger partial charge is 0.137 e. The van der Waals surface area contributed by atoms with Crippen LogP contribution in [0.25, 0.3) is 0 Å². The van der Waals surface area contributed by atoms with Crippen LogP contribution in [0.3, 0.4) is 0 Å². The Kier molecular flexibility index (Phi) is 32.7. The van der Waals surface area contributed by atoms with Gasteiger partial charge in [0, 0.05) is 24.0 Å². The van der Waals surface area contributed by atoms with Crippen molar-refractivity contribution in [1.82, 2.24) is 10.6 Å². The molecule has 0 aliphatic carbocycles. The molecule has 0 aliphatic heterocycles. The van der Waals surface area contributed by atoms with Crippen LogP contribution in [-0.4, -0.2) is 55.5 Å². The number of hydrogen-bond donors (Lipinski definition) is 4. The zero-order chi connectivity index (χ0) is 23.6. The molecule has 3 atom stereocenters. The summed E-state index contributed by atoms with van der Waals surface area (Å²) in [6.45, 7) is 8.47. The molecular formula is C23H48N2O3S2. The molecule has 0 saturated heterocycles. The van der Waals surface area contributed by atoms with Crippen LogP contribution in [-0.2, 0) is 14.4 Å². The lowest BCUT2D eigenvalue weighted by Crippen LogP contribution is -2.37. The van der Waals surface area contributed by atoms with Gasteiger partial charge in [0.25, 0.3) is 0 Å². The van der Waals surface area contributed by atoms with Crippen molar-refractivity contribution in [2.45, 2.75) is 97.6 Å². The maximum absolute atomic E-state index is 11.6. The second kappa shape index (κ2) is 28.6. The Bertz CT molecular complexity index is 381. The summed E-state index contributed by atoms with van der Waals surface area (Å²) in [5.41, 5.74) is 0. The third kappa shape index (κ3) is 23.9. The van der Waals surface area contributed by atoms with Crippen molar-refractivity contribution in [2.75, 3.05) is 25.1 Å². The van der Waals surface area contributed by atoms with Gasteiger partial charge in [0.2, 0.25) is 0 Å². The number of rotatable bonds is 18. The Hall–Kier alpha value is -0.370. The van der Waals surface area contributed by atoms with Gasteiger partial charge in [-0.15, -0.1) is 0 Å². The molecular weight excluding hydrogens is 416 g/mol. The Morgan fingerprint density at radius 1 is 0.867 bits per heavy atom. The molecule has 1 unspecified atom stereocenters. The SMILES string of the molecule is CC.CCCCCCCCCCC(CN[C@H](C=O)CS)C(C)=O.CN[C@H](C=O)CS. The van der Waals surface area contributed by atoms with E-state index in [1.54, 1.807) is 14.0 Å². The number of carbonyl (C=O) groups is 3. The molecule has 0 aromatic carbocycles. The monoisotopic (exact) mass is 464 g/mol. The van der Waals surface area contributed by atoms with E-state index in [9.17, 15) is 14.4 Å². The molecule has 0 fully saturated rings. The molecule has 0 saturated carbocycles. The van der Waals surface area contributed by atoms with Crippen molar-refractivity contribution in [3.05, 3.63) is 0 Å². The minimum absolute atomic E-state index is 0.0347. The zero-order valence-corrected chi connectivity index (χ0v) is 21.8. The topological polar surface area (TPSA) is 75.3 Å². The zero-order valence-electron chi connectivity index (χ0n) is 20.0. The van der Waals surface area contributed by atoms with Gasteiger partial charge in [-0.2, -0.15) is 25.3 Å². The Morgan fingerprint density at radius 2 is 1.33 bits per heavy atom. The fourth-order valence-electron chi connectivity index (χ4n) is 2.63. The van der Waals surface area contributed by atoms with Crippen LogP contribution in [0, 0.1) is 5.92 Å². The maximum Gasteiger partial charge on any atom is 0.137 e. The van der Waals surface area contributed by atoms with E-state index in [1.165, 1.54) is 44.9 Å². The van der Waals surface area contributed by atoms with Gasteiger partial charge in [0.05, 0.1) is 12.1 Å². The lowest BCUT2D eigenvalue weighted by molar-refractivity contribution is -0.121. The quantitative estimate of drug-likeness (QED) is 0.136. The van der Waals surface area contributed by atoms with Gasteiger partial charge >= 0.3 is 0 Å². The Balaban J connectivity index is -0.000000680. The number of carbonyl (C=O) groups excluding carboxylic acids is 3. The summed E-state index contributed by atoms with van der Waals surface area (Å²) in [6, 6.07) is -0.322. The molecule has 0 heterocycles. The van der Waals surface area contributed by atoms with Gasteiger partial charge in [-0.3, -0.25) is 4.79 Å². The summed E-state index contributed by atoms with van der Waals surface area (Å²) in [6.07, 6.45) is 12.9. The highest BCUT2D eigenvalue weighted by Crippen LogP contribution is 2.14. The van der Waals surface area contributed by atoms with E-state index in [-0.39, 0.29) is 23.8 Å². The van der Waals surface area contributed by atoms with Crippen LogP contribution >= 0.6 is 25.3 Å². The van der Waals surface area contributed by atoms with Gasteiger partial charge in [-0.1, -0.05) is 72.1 Å². The average molecular weight is 465 g/mol. The van der Waals surface area contributed by atoms with Crippen LogP contribution < -0.4 is 10.6 Å². The van der Waals surface area contributed by atoms with Gasteiger partial charge in [0.15, 0.2) is 0 Å². The Morgan fingerprint density at radius 3 is 1.67 bits per heavy atom. The first-order chi connectivity index (χ1) is 14.5. The molecule has 2 N–H and O–H groups in total. The number of ketones is 1. The lowest BCUT2D eigenvalue weighted by Gasteiger charge is -2.17. The third-order valence-corrected chi connectivity index (χ3v) is 5.49. The van der Waals surface area contributed by atoms with E-state index in [0.717, 1.165) is 25.4 Å². The van der Waals surface area contributed by atoms with Crippen molar-refractivity contribution in [3.63, 3.8) is 0 Å². The summed E-state index contributed by atoms with van der Waals surface area (Å²) >= 11 is 7.99. The van der Waals surface area contributed by atoms with Gasteiger partial charge < -0.3 is 20.2 Å². The molecule has 180 valence electrons. The number of nitrogens with one attached hydrogen (secondary N) is 2. The predicted octanol–water partition coefficient (Wildman–Crippen LogP) is 4.54. The number of thiol groups is 2. The number of unbranched alkanes of at least 4 members (excludes halogenated alkanes) is 7. The highest BCUT2D eigenvalue weighted by atomic mass is 32.1. The van der Waals surface area contributed by atoms with E-state index < -0.39 is 0 Å². The first-order valence-corrected chi connectivity index (χ1v) is 12.8. The van der Waals surface area contributed by atoms with Crippen LogP contribution in [0.2, 0.25) is 0 Å². The van der Waals surface area contributed by atoms with Crippen molar-refractivity contribution in [2.24, 2.45) is 5.92 Å². The molecule has 30 heavy (non-hydrogen) atoms. The standard InChI is InChI=1S/C17H33NO2S.C4H9NOS.C2H6/c1-3-4-5-6-7-8-9-10-11-16(15(2)20)12-18-17(13-19)14-21;1-5-4(2-6)3-7;1-2/h13,16-18,21H,3-12,14H2,1-2H3;2,4-5,7H,3H2,1H3;1-2H3/t16?,17-;4-;/m11./s1. The van der Waals surface area contributed by atoms with Crippen LogP contribution in [0.4, 0.5) is 0 Å². The molecule has 7 heteroatoms. The number of likely N-dealkylation sites (N-methyl/N-ethyl adjacent to an activating group) is 1. The molecule has 0 rings (SSSR count). The maximum atomic E-state index is 11.6. The van der Waals surface area contributed by atoms with E-state index >= 15 is 0 Å². The van der Waals surface area contributed by atoms with Crippen molar-refractivity contribution in [1.29, 1.82) is 0 Å². The van der Waals surface area contributed by atoms with Gasteiger partial charge in [-0.25, -0.2) is 0 Å². The molecule has 5 nitrogen and oxygen atoms in total. The number of aldehydes is 2. The molecule has 0 aliphatic rings. The summed E-state index contributed by atoms with van der Waals surface area (Å²) in [4.78, 5) is 32.2. The second-order valence-corrected chi connectivity index (χ2v) is 7.85. The first kappa shape index (κ1) is 34.2. The molecule has 0 bridgehead atoms. The summed E-state index contributed by atoms with van der Waals surface area (Å²) in [5, 5.41) is 5.87. The van der Waals surface area contributed by atoms with Gasteiger partial charge in [0.1, 0.15) is 18.4 Å². The average Bonchev–Trinajstić information content (AvgIpc) is 2.77. The minimum Gasteiger partial charge on any atom is -0.310 e. The first-order valence-electron chi connectivity index (χ1n) is 11.5. The van der Waals surface area contributed by atoms with Crippen LogP contribution in [0.1, 0.15) is 85.5 Å². The second-order valence-electron chi connectivity index (χ2n) is 7.12. The molecule has 0 spiro atoms. The molecule has 0 amide bonds. The van der Waals surface area contributed by atoms with E-state index in [0.29, 0.717) is 18.1 Å². The fourth-order valence-corrected chi connectivity index (χ4v) is 3.11. The minimum atomic E-state index is -0.242. The highest BCUT2D eigenvalue weighted by Gasteiger charge is 2.15. The van der Waals surface area contributed by atoms with Crippen molar-refractivity contribution >= 4 is 43.6 Å². The van der Waals surface area contributed by atoms with Crippen molar-refractivity contribution < 1.29 is 14.4 Å². The van der Waals surface area contributed by atoms with E-state index in [2.05, 4.69) is 42.8 Å². The normalized spacial score (nSPS) is 13.0. The highest BCUT2D eigenvalue weighted by molar-refractivity contribution is 7.80. The van der Waals surface area contributed by atoms with Crippen LogP contribution in [0.5, 0.6) is 0 Å². The third-order valence-electron chi connectivity index (χ3n) is 4.70. The lowest BCUT2D eigenvalue weighted by atomic mass is 9.96. The number of hydrogen-bond acceptors (Lipinski definition) is 7. The molecule has 0 aromatic heterocycles. The molecule has 0 aromatic rings. The largest absolute Gasteiger partial charge is 0.310 e. The predicted molar refractivity (Wildman–Crippen MR) is 137 cm³/mol. The summed E-state index contributed by atoms with van der Waals surface area (Å²) in [5.74, 6) is 1.30. The molecule has 0 radical (unpaired) electrons. The number of Topliss-reactive ketones (excluding diaryl/α,β-unsaturated/α-hetero) is 1. The van der Waals surface area contributed by atoms with Gasteiger partial charge in [-0.05, 0) is 20.4 Å². The van der Waals surface area contributed by atoms with Crippen molar-refractivity contribution in [3.8, 4) is 0 Å². The summed E-state index contributed by atoms with van der Waals surface area (Å²) in [7, 11) is 1.73. The fraction of sp³-hybridized carbons (Fsp3) is 0.870. The van der Waals surface area contributed by atoms with E-state index in [1.807, 2.05) is 13.8 Å². The van der Waals surface area contributed by atoms with Crippen LogP contribution in [0.15, 0.2) is 0 Å². The Labute approximate surface area is 197 Å². The summed E-state index contributed by atoms with van der Waals surface area (Å²) < 4.78 is 0.